The third-order valence-electron chi connectivity index (χ3n) is 4.70. The zero-order valence-electron chi connectivity index (χ0n) is 18.1. The Hall–Kier alpha value is -3.91. The van der Waals surface area contributed by atoms with E-state index in [2.05, 4.69) is 10.5 Å². The highest BCUT2D eigenvalue weighted by Gasteiger charge is 2.15. The number of nitrogens with one attached hydrogen (secondary N) is 1. The SMILES string of the molecule is COc1cc(C=NNC(=O)Cc2ccccc2[N+](=O)[O-])cc(Cl)c1OCc1ccc(C)cc1. The van der Waals surface area contributed by atoms with Gasteiger partial charge in [-0.3, -0.25) is 14.9 Å². The fourth-order valence-corrected chi connectivity index (χ4v) is 3.30. The molecule has 1 N–H and O–H groups in total. The minimum atomic E-state index is -0.525. The average Bonchev–Trinajstić information content (AvgIpc) is 2.79. The quantitative estimate of drug-likeness (QED) is 0.275. The van der Waals surface area contributed by atoms with E-state index in [0.29, 0.717) is 34.3 Å². The molecule has 33 heavy (non-hydrogen) atoms. The first-order chi connectivity index (χ1) is 15.9. The van der Waals surface area contributed by atoms with Crippen LogP contribution in [0.15, 0.2) is 65.8 Å². The first-order valence-corrected chi connectivity index (χ1v) is 10.3. The van der Waals surface area contributed by atoms with Crippen LogP contribution in [0.3, 0.4) is 0 Å². The van der Waals surface area contributed by atoms with Gasteiger partial charge in [0.1, 0.15) is 6.61 Å². The summed E-state index contributed by atoms with van der Waals surface area (Å²) in [5.41, 5.74) is 5.27. The molecule has 8 nitrogen and oxygen atoms in total. The molecule has 0 saturated heterocycles. The third-order valence-corrected chi connectivity index (χ3v) is 4.98. The van der Waals surface area contributed by atoms with Crippen LogP contribution in [0.2, 0.25) is 5.02 Å². The average molecular weight is 468 g/mol. The highest BCUT2D eigenvalue weighted by atomic mass is 35.5. The lowest BCUT2D eigenvalue weighted by Crippen LogP contribution is -2.20. The van der Waals surface area contributed by atoms with Gasteiger partial charge in [-0.15, -0.1) is 0 Å². The Balaban J connectivity index is 1.65. The lowest BCUT2D eigenvalue weighted by molar-refractivity contribution is -0.385. The van der Waals surface area contributed by atoms with Crippen molar-refractivity contribution in [1.82, 2.24) is 5.43 Å². The van der Waals surface area contributed by atoms with Gasteiger partial charge in [0, 0.05) is 11.6 Å². The number of hydrogen-bond donors (Lipinski definition) is 1. The van der Waals surface area contributed by atoms with E-state index in [1.807, 2.05) is 31.2 Å². The van der Waals surface area contributed by atoms with Crippen molar-refractivity contribution in [2.24, 2.45) is 5.10 Å². The van der Waals surface area contributed by atoms with Gasteiger partial charge in [-0.05, 0) is 30.2 Å². The second kappa shape index (κ2) is 11.1. The minimum Gasteiger partial charge on any atom is -0.493 e. The van der Waals surface area contributed by atoms with E-state index in [1.54, 1.807) is 24.3 Å². The highest BCUT2D eigenvalue weighted by Crippen LogP contribution is 2.36. The highest BCUT2D eigenvalue weighted by molar-refractivity contribution is 6.32. The summed E-state index contributed by atoms with van der Waals surface area (Å²) in [6.07, 6.45) is 1.22. The maximum absolute atomic E-state index is 12.1. The van der Waals surface area contributed by atoms with Crippen LogP contribution < -0.4 is 14.9 Å². The second-order valence-electron chi connectivity index (χ2n) is 7.16. The largest absolute Gasteiger partial charge is 0.493 e. The molecule has 3 aromatic carbocycles. The summed E-state index contributed by atoms with van der Waals surface area (Å²) in [4.78, 5) is 22.7. The van der Waals surface area contributed by atoms with Crippen molar-refractivity contribution in [3.8, 4) is 11.5 Å². The molecule has 170 valence electrons. The molecule has 0 aromatic heterocycles. The number of nitro groups is 1. The number of carbonyl (C=O) groups is 1. The Kier molecular flexibility index (Phi) is 7.99. The Morgan fingerprint density at radius 3 is 2.61 bits per heavy atom. The fraction of sp³-hybridized carbons (Fsp3) is 0.167. The second-order valence-corrected chi connectivity index (χ2v) is 7.57. The minimum absolute atomic E-state index is 0.116. The number of nitro benzene ring substituents is 1. The zero-order valence-corrected chi connectivity index (χ0v) is 18.8. The van der Waals surface area contributed by atoms with Crippen LogP contribution in [0, 0.1) is 17.0 Å². The van der Waals surface area contributed by atoms with Crippen molar-refractivity contribution >= 4 is 29.4 Å². The lowest BCUT2D eigenvalue weighted by Gasteiger charge is -2.13. The number of para-hydroxylation sites is 1. The summed E-state index contributed by atoms with van der Waals surface area (Å²) in [7, 11) is 1.50. The predicted octanol–water partition coefficient (Wildman–Crippen LogP) is 4.84. The molecule has 0 saturated carbocycles. The van der Waals surface area contributed by atoms with Crippen LogP contribution in [0.25, 0.3) is 0 Å². The van der Waals surface area contributed by atoms with Gasteiger partial charge in [-0.2, -0.15) is 5.10 Å². The van der Waals surface area contributed by atoms with Crippen molar-refractivity contribution < 1.29 is 19.2 Å². The Morgan fingerprint density at radius 1 is 1.18 bits per heavy atom. The molecule has 0 aliphatic rings. The van der Waals surface area contributed by atoms with Crippen LogP contribution in [0.4, 0.5) is 5.69 Å². The zero-order chi connectivity index (χ0) is 23.8. The number of hydrazone groups is 1. The van der Waals surface area contributed by atoms with Crippen molar-refractivity contribution in [2.45, 2.75) is 20.0 Å². The van der Waals surface area contributed by atoms with E-state index >= 15 is 0 Å². The number of ether oxygens (including phenoxy) is 2. The van der Waals surface area contributed by atoms with E-state index in [1.165, 1.54) is 25.5 Å². The molecule has 0 unspecified atom stereocenters. The molecule has 0 spiro atoms. The van der Waals surface area contributed by atoms with Gasteiger partial charge in [-0.25, -0.2) is 5.43 Å². The van der Waals surface area contributed by atoms with Gasteiger partial charge in [0.25, 0.3) is 5.69 Å². The molecule has 0 bridgehead atoms. The van der Waals surface area contributed by atoms with E-state index < -0.39 is 10.8 Å². The van der Waals surface area contributed by atoms with Crippen molar-refractivity contribution in [2.75, 3.05) is 7.11 Å². The van der Waals surface area contributed by atoms with Gasteiger partial charge in [0.05, 0.1) is 29.7 Å². The number of amides is 1. The number of nitrogens with zero attached hydrogens (tertiary/aromatic N) is 2. The van der Waals surface area contributed by atoms with Gasteiger partial charge in [0.2, 0.25) is 5.91 Å². The van der Waals surface area contributed by atoms with Crippen LogP contribution >= 0.6 is 11.6 Å². The standard InChI is InChI=1S/C24H22ClN3O5/c1-16-7-9-17(10-8-16)15-33-24-20(25)11-18(12-22(24)32-2)14-26-27-23(29)13-19-5-3-4-6-21(19)28(30)31/h3-12,14H,13,15H2,1-2H3,(H,27,29). The predicted molar refractivity (Wildman–Crippen MR) is 126 cm³/mol. The van der Waals surface area contributed by atoms with Crippen LogP contribution in [0.5, 0.6) is 11.5 Å². The number of carbonyl (C=O) groups excluding carboxylic acids is 1. The van der Waals surface area contributed by atoms with Crippen molar-refractivity contribution in [3.05, 3.63) is 98.1 Å². The summed E-state index contributed by atoms with van der Waals surface area (Å²) in [6, 6.07) is 17.3. The molecule has 0 heterocycles. The molecule has 0 fully saturated rings. The maximum atomic E-state index is 12.1. The summed E-state index contributed by atoms with van der Waals surface area (Å²) in [6.45, 7) is 2.34. The van der Waals surface area contributed by atoms with Crippen LogP contribution in [-0.4, -0.2) is 24.2 Å². The summed E-state index contributed by atoms with van der Waals surface area (Å²) in [5, 5.41) is 15.3. The van der Waals surface area contributed by atoms with E-state index in [4.69, 9.17) is 21.1 Å². The molecule has 3 aromatic rings. The normalized spacial score (nSPS) is 10.8. The molecule has 1 amide bonds. The maximum Gasteiger partial charge on any atom is 0.273 e. The van der Waals surface area contributed by atoms with Gasteiger partial charge < -0.3 is 9.47 Å². The molecule has 0 radical (unpaired) electrons. The summed E-state index contributed by atoms with van der Waals surface area (Å²) < 4.78 is 11.2. The Labute approximate surface area is 195 Å². The van der Waals surface area contributed by atoms with E-state index in [9.17, 15) is 14.9 Å². The van der Waals surface area contributed by atoms with Crippen molar-refractivity contribution in [1.29, 1.82) is 0 Å². The van der Waals surface area contributed by atoms with Gasteiger partial charge in [0.15, 0.2) is 11.5 Å². The molecule has 0 aliphatic heterocycles. The first kappa shape index (κ1) is 23.7. The number of aryl methyl sites for hydroxylation is 1. The fourth-order valence-electron chi connectivity index (χ4n) is 3.02. The number of methoxy groups -OCH3 is 1. The number of benzene rings is 3. The smallest absolute Gasteiger partial charge is 0.273 e. The van der Waals surface area contributed by atoms with Crippen LogP contribution in [0.1, 0.15) is 22.3 Å². The number of hydrogen-bond acceptors (Lipinski definition) is 6. The first-order valence-electron chi connectivity index (χ1n) is 9.97. The summed E-state index contributed by atoms with van der Waals surface area (Å²) in [5.74, 6) is 0.330. The Bertz CT molecular complexity index is 1180. The topological polar surface area (TPSA) is 103 Å². The molecular weight excluding hydrogens is 446 g/mol. The third kappa shape index (κ3) is 6.54. The number of rotatable bonds is 9. The lowest BCUT2D eigenvalue weighted by atomic mass is 10.1. The molecule has 0 aliphatic carbocycles. The van der Waals surface area contributed by atoms with Gasteiger partial charge >= 0.3 is 0 Å². The van der Waals surface area contributed by atoms with Gasteiger partial charge in [-0.1, -0.05) is 59.6 Å². The molecule has 3 rings (SSSR count). The molecule has 0 atom stereocenters. The monoisotopic (exact) mass is 467 g/mol. The Morgan fingerprint density at radius 2 is 1.91 bits per heavy atom. The van der Waals surface area contributed by atoms with Crippen molar-refractivity contribution in [3.63, 3.8) is 0 Å². The van der Waals surface area contributed by atoms with E-state index in [0.717, 1.165) is 11.1 Å². The molecule has 9 heteroatoms. The van der Waals surface area contributed by atoms with Crippen LogP contribution in [-0.2, 0) is 17.8 Å². The van der Waals surface area contributed by atoms with E-state index in [-0.39, 0.29) is 12.1 Å². The molecular formula is C24H22ClN3O5. The number of halogens is 1. The summed E-state index contributed by atoms with van der Waals surface area (Å²) >= 11 is 6.38.